The molecular formula is C18H18F3NO4. The zero-order chi connectivity index (χ0) is 19.0. The number of rotatable bonds is 8. The molecule has 5 nitrogen and oxygen atoms in total. The average Bonchev–Trinajstić information content (AvgIpc) is 2.63. The molecule has 2 aromatic rings. The van der Waals surface area contributed by atoms with E-state index in [-0.39, 0.29) is 25.5 Å². The Bertz CT molecular complexity index is 717. The highest BCUT2D eigenvalue weighted by Gasteiger charge is 2.30. The number of carbonyl (C=O) groups is 1. The van der Waals surface area contributed by atoms with Crippen LogP contribution in [0.2, 0.25) is 0 Å². The number of carbonyl (C=O) groups excluding carboxylic acids is 1. The molecule has 0 heterocycles. The molecule has 26 heavy (non-hydrogen) atoms. The van der Waals surface area contributed by atoms with Gasteiger partial charge < -0.3 is 19.5 Å². The first kappa shape index (κ1) is 19.4. The minimum absolute atomic E-state index is 0.179. The molecule has 0 saturated heterocycles. The maximum absolute atomic E-state index is 12.5. The Morgan fingerprint density at radius 1 is 1.00 bits per heavy atom. The second kappa shape index (κ2) is 8.98. The molecule has 0 saturated carbocycles. The summed E-state index contributed by atoms with van der Waals surface area (Å²) in [6.45, 7) is 0.166. The summed E-state index contributed by atoms with van der Waals surface area (Å²) in [5, 5.41) is 2.59. The lowest BCUT2D eigenvalue weighted by atomic mass is 10.2. The van der Waals surface area contributed by atoms with Gasteiger partial charge in [-0.1, -0.05) is 12.1 Å². The van der Waals surface area contributed by atoms with E-state index in [9.17, 15) is 18.0 Å². The van der Waals surface area contributed by atoms with Crippen molar-refractivity contribution in [2.75, 3.05) is 26.9 Å². The molecule has 140 valence electrons. The third-order valence-corrected chi connectivity index (χ3v) is 3.30. The Morgan fingerprint density at radius 2 is 1.65 bits per heavy atom. The van der Waals surface area contributed by atoms with Crippen molar-refractivity contribution in [3.05, 3.63) is 54.1 Å². The van der Waals surface area contributed by atoms with E-state index < -0.39 is 17.6 Å². The van der Waals surface area contributed by atoms with Gasteiger partial charge in [0.2, 0.25) is 0 Å². The van der Waals surface area contributed by atoms with Crippen LogP contribution < -0.4 is 19.5 Å². The number of benzene rings is 2. The van der Waals surface area contributed by atoms with E-state index in [1.807, 2.05) is 6.07 Å². The van der Waals surface area contributed by atoms with Gasteiger partial charge in [-0.3, -0.25) is 4.79 Å². The van der Waals surface area contributed by atoms with E-state index in [1.54, 1.807) is 18.2 Å². The number of alkyl halides is 3. The van der Waals surface area contributed by atoms with Crippen LogP contribution in [0.15, 0.2) is 48.5 Å². The predicted molar refractivity (Wildman–Crippen MR) is 88.4 cm³/mol. The van der Waals surface area contributed by atoms with Gasteiger partial charge in [-0.05, 0) is 36.4 Å². The Hall–Kier alpha value is -2.90. The molecule has 0 fully saturated rings. The molecule has 1 amide bonds. The number of nitrogens with one attached hydrogen (secondary N) is 1. The highest BCUT2D eigenvalue weighted by atomic mass is 19.4. The second-order valence-corrected chi connectivity index (χ2v) is 5.16. The highest BCUT2D eigenvalue weighted by molar-refractivity contribution is 5.77. The number of para-hydroxylation sites is 2. The third-order valence-electron chi connectivity index (χ3n) is 3.30. The van der Waals surface area contributed by atoms with Crippen molar-refractivity contribution in [3.8, 4) is 17.2 Å². The summed E-state index contributed by atoms with van der Waals surface area (Å²) in [7, 11) is 1.53. The van der Waals surface area contributed by atoms with Crippen LogP contribution >= 0.6 is 0 Å². The SMILES string of the molecule is COc1ccccc1OCCNC(=O)COc1ccc(C(F)(F)F)cc1. The van der Waals surface area contributed by atoms with Crippen LogP contribution in [0.4, 0.5) is 13.2 Å². The molecule has 0 aliphatic rings. The number of halogens is 3. The number of methoxy groups -OCH3 is 1. The molecule has 0 aromatic heterocycles. The zero-order valence-electron chi connectivity index (χ0n) is 14.0. The van der Waals surface area contributed by atoms with E-state index in [4.69, 9.17) is 14.2 Å². The summed E-state index contributed by atoms with van der Waals surface area (Å²) in [4.78, 5) is 11.7. The maximum Gasteiger partial charge on any atom is 0.416 e. The molecular weight excluding hydrogens is 351 g/mol. The van der Waals surface area contributed by atoms with Crippen LogP contribution in [0, 0.1) is 0 Å². The van der Waals surface area contributed by atoms with Crippen LogP contribution in [0.1, 0.15) is 5.56 Å². The van der Waals surface area contributed by atoms with Gasteiger partial charge in [-0.2, -0.15) is 13.2 Å². The minimum atomic E-state index is -4.41. The number of amides is 1. The fourth-order valence-corrected chi connectivity index (χ4v) is 2.03. The molecule has 0 spiro atoms. The fourth-order valence-electron chi connectivity index (χ4n) is 2.03. The summed E-state index contributed by atoms with van der Waals surface area (Å²) in [5.41, 5.74) is -0.775. The van der Waals surface area contributed by atoms with Crippen LogP contribution in [0.3, 0.4) is 0 Å². The van der Waals surface area contributed by atoms with Crippen molar-refractivity contribution in [2.24, 2.45) is 0 Å². The second-order valence-electron chi connectivity index (χ2n) is 5.16. The molecule has 8 heteroatoms. The molecule has 2 aromatic carbocycles. The van der Waals surface area contributed by atoms with Crippen molar-refractivity contribution in [1.29, 1.82) is 0 Å². The zero-order valence-corrected chi connectivity index (χ0v) is 14.0. The monoisotopic (exact) mass is 369 g/mol. The number of hydrogen-bond donors (Lipinski definition) is 1. The Kier molecular flexibility index (Phi) is 6.71. The molecule has 2 rings (SSSR count). The van der Waals surface area contributed by atoms with Gasteiger partial charge in [0.15, 0.2) is 18.1 Å². The van der Waals surface area contributed by atoms with Crippen LogP contribution in [-0.2, 0) is 11.0 Å². The highest BCUT2D eigenvalue weighted by Crippen LogP contribution is 2.30. The van der Waals surface area contributed by atoms with Crippen molar-refractivity contribution < 1.29 is 32.2 Å². The van der Waals surface area contributed by atoms with Gasteiger partial charge in [-0.15, -0.1) is 0 Å². The van der Waals surface area contributed by atoms with Crippen molar-refractivity contribution in [3.63, 3.8) is 0 Å². The first-order valence-corrected chi connectivity index (χ1v) is 7.72. The molecule has 0 atom stereocenters. The van der Waals surface area contributed by atoms with Crippen LogP contribution in [0.5, 0.6) is 17.2 Å². The van der Waals surface area contributed by atoms with Gasteiger partial charge in [0.1, 0.15) is 12.4 Å². The summed E-state index contributed by atoms with van der Waals surface area (Å²) >= 11 is 0. The van der Waals surface area contributed by atoms with E-state index in [0.717, 1.165) is 12.1 Å². The van der Waals surface area contributed by atoms with Gasteiger partial charge in [0.05, 0.1) is 19.2 Å². The maximum atomic E-state index is 12.5. The van der Waals surface area contributed by atoms with Gasteiger partial charge >= 0.3 is 6.18 Å². The normalized spacial score (nSPS) is 10.9. The van der Waals surface area contributed by atoms with Crippen molar-refractivity contribution >= 4 is 5.91 Å². The summed E-state index contributed by atoms with van der Waals surface area (Å²) in [6, 6.07) is 11.2. The first-order valence-electron chi connectivity index (χ1n) is 7.72. The Balaban J connectivity index is 1.69. The minimum Gasteiger partial charge on any atom is -0.493 e. The smallest absolute Gasteiger partial charge is 0.416 e. The summed E-state index contributed by atoms with van der Waals surface area (Å²) in [6.07, 6.45) is -4.41. The summed E-state index contributed by atoms with van der Waals surface area (Å²) < 4.78 is 53.1. The van der Waals surface area contributed by atoms with Crippen molar-refractivity contribution in [1.82, 2.24) is 5.32 Å². The molecule has 0 unspecified atom stereocenters. The molecule has 0 bridgehead atoms. The number of hydrogen-bond acceptors (Lipinski definition) is 4. The average molecular weight is 369 g/mol. The molecule has 0 aliphatic carbocycles. The summed E-state index contributed by atoms with van der Waals surface area (Å²) in [5.74, 6) is 0.918. The Labute approximate surface area is 148 Å². The van der Waals surface area contributed by atoms with Crippen molar-refractivity contribution in [2.45, 2.75) is 6.18 Å². The van der Waals surface area contributed by atoms with E-state index in [2.05, 4.69) is 5.32 Å². The predicted octanol–water partition coefficient (Wildman–Crippen LogP) is 3.29. The Morgan fingerprint density at radius 3 is 2.27 bits per heavy atom. The molecule has 0 aliphatic heterocycles. The topological polar surface area (TPSA) is 56.8 Å². The largest absolute Gasteiger partial charge is 0.493 e. The first-order chi connectivity index (χ1) is 12.4. The lowest BCUT2D eigenvalue weighted by Crippen LogP contribution is -2.32. The quantitative estimate of drug-likeness (QED) is 0.726. The van der Waals surface area contributed by atoms with E-state index >= 15 is 0 Å². The van der Waals surface area contributed by atoms with Gasteiger partial charge in [0, 0.05) is 0 Å². The van der Waals surface area contributed by atoms with Gasteiger partial charge in [-0.25, -0.2) is 0 Å². The molecule has 0 radical (unpaired) electrons. The lowest BCUT2D eigenvalue weighted by Gasteiger charge is -2.11. The fraction of sp³-hybridized carbons (Fsp3) is 0.278. The van der Waals surface area contributed by atoms with Crippen LogP contribution in [-0.4, -0.2) is 32.8 Å². The van der Waals surface area contributed by atoms with E-state index in [0.29, 0.717) is 11.5 Å². The molecule has 1 N–H and O–H groups in total. The lowest BCUT2D eigenvalue weighted by molar-refractivity contribution is -0.137. The van der Waals surface area contributed by atoms with Gasteiger partial charge in [0.25, 0.3) is 5.91 Å². The van der Waals surface area contributed by atoms with Crippen LogP contribution in [0.25, 0.3) is 0 Å². The third kappa shape index (κ3) is 5.87. The standard InChI is InChI=1S/C18H18F3NO4/c1-24-15-4-2-3-5-16(15)25-11-10-22-17(23)12-26-14-8-6-13(7-9-14)18(19,20)21/h2-9H,10-12H2,1H3,(H,22,23). The number of ether oxygens (including phenoxy) is 3. The van der Waals surface area contributed by atoms with E-state index in [1.165, 1.54) is 19.2 Å².